The molecule has 0 spiro atoms. The third-order valence-corrected chi connectivity index (χ3v) is 14.8. The maximum atomic E-state index is 5.71. The first-order valence-electron chi connectivity index (χ1n) is 24.3. The smallest absolute Gasteiger partial charge is 0.140 e. The van der Waals surface area contributed by atoms with Crippen LogP contribution in [-0.2, 0) is 0 Å². The maximum Gasteiger partial charge on any atom is 0.140 e. The summed E-state index contributed by atoms with van der Waals surface area (Å²) < 4.78 is 9.69. The molecule has 0 radical (unpaired) electrons. The standard InChI is InChI=1S/C65H43N5/c1-4-19-42(20-5-1)44-37-45(43-21-6-2-7-22-43)39-47(38-44)67-56-29-14-12-27-50(56)54-41-61-55(40-60(54)67)51-28-13-16-31-58(51)69(61)62-33-18-34-63(66-62)70-59-32-17-11-26-49(59)53-36-35-52-48-25-10-15-30-57(48)68(64(52)65(53)70)46-23-8-3-9-24-46/h1-6,8-21,23-41H,7,22H2. The van der Waals surface area contributed by atoms with E-state index in [0.717, 1.165) is 63.4 Å². The highest BCUT2D eigenvalue weighted by molar-refractivity contribution is 6.24. The van der Waals surface area contributed by atoms with Crippen LogP contribution in [0.2, 0.25) is 0 Å². The zero-order valence-electron chi connectivity index (χ0n) is 38.2. The van der Waals surface area contributed by atoms with E-state index in [0.29, 0.717) is 0 Å². The summed E-state index contributed by atoms with van der Waals surface area (Å²) >= 11 is 0. The van der Waals surface area contributed by atoms with Crippen molar-refractivity contribution in [3.63, 3.8) is 0 Å². The minimum Gasteiger partial charge on any atom is -0.309 e. The fourth-order valence-electron chi connectivity index (χ4n) is 11.8. The van der Waals surface area contributed by atoms with Gasteiger partial charge in [-0.2, -0.15) is 0 Å². The fraction of sp³-hybridized carbons (Fsp3) is 0.0308. The van der Waals surface area contributed by atoms with Crippen LogP contribution in [0.5, 0.6) is 0 Å². The molecule has 70 heavy (non-hydrogen) atoms. The molecule has 0 unspecified atom stereocenters. The molecular weight excluding hydrogens is 851 g/mol. The molecular formula is C65H43N5. The normalized spacial score (nSPS) is 13.1. The highest BCUT2D eigenvalue weighted by Crippen LogP contribution is 2.44. The Balaban J connectivity index is 0.989. The number of benzene rings is 9. The van der Waals surface area contributed by atoms with Crippen LogP contribution in [0, 0.1) is 0 Å². The zero-order valence-corrected chi connectivity index (χ0v) is 38.2. The second-order valence-electron chi connectivity index (χ2n) is 18.6. The number of pyridine rings is 1. The van der Waals surface area contributed by atoms with Gasteiger partial charge in [-0.05, 0) is 114 Å². The van der Waals surface area contributed by atoms with E-state index in [1.54, 1.807) is 0 Å². The van der Waals surface area contributed by atoms with Crippen LogP contribution in [0.1, 0.15) is 18.4 Å². The Morgan fingerprint density at radius 3 is 1.44 bits per heavy atom. The molecule has 5 aromatic heterocycles. The number of para-hydroxylation sites is 5. The summed E-state index contributed by atoms with van der Waals surface area (Å²) in [5.41, 5.74) is 16.5. The molecule has 1 aliphatic carbocycles. The van der Waals surface area contributed by atoms with Crippen LogP contribution in [0.15, 0.2) is 237 Å². The van der Waals surface area contributed by atoms with Gasteiger partial charge in [0.2, 0.25) is 0 Å². The Morgan fingerprint density at radius 1 is 0.314 bits per heavy atom. The fourth-order valence-corrected chi connectivity index (χ4v) is 11.8. The Bertz CT molecular complexity index is 4520. The number of nitrogens with zero attached hydrogens (tertiary/aromatic N) is 5. The van der Waals surface area contributed by atoms with Crippen LogP contribution in [0.3, 0.4) is 0 Å². The van der Waals surface area contributed by atoms with Crippen molar-refractivity contribution in [1.29, 1.82) is 0 Å². The van der Waals surface area contributed by atoms with Gasteiger partial charge in [-0.1, -0.05) is 158 Å². The summed E-state index contributed by atoms with van der Waals surface area (Å²) in [7, 11) is 0. The minimum absolute atomic E-state index is 0.863. The van der Waals surface area contributed by atoms with Crippen molar-refractivity contribution in [2.45, 2.75) is 12.8 Å². The average Bonchev–Trinajstić information content (AvgIpc) is 4.16. The van der Waals surface area contributed by atoms with Gasteiger partial charge in [0.05, 0.1) is 44.1 Å². The lowest BCUT2D eigenvalue weighted by Gasteiger charge is -2.16. The lowest BCUT2D eigenvalue weighted by Crippen LogP contribution is -2.04. The summed E-state index contributed by atoms with van der Waals surface area (Å²) in [5, 5.41) is 9.62. The second-order valence-corrected chi connectivity index (χ2v) is 18.6. The summed E-state index contributed by atoms with van der Waals surface area (Å²) in [4.78, 5) is 5.71. The van der Waals surface area contributed by atoms with Crippen LogP contribution in [-0.4, -0.2) is 23.3 Å². The predicted molar refractivity (Wildman–Crippen MR) is 293 cm³/mol. The molecule has 9 aromatic carbocycles. The predicted octanol–water partition coefficient (Wildman–Crippen LogP) is 16.9. The number of hydrogen-bond acceptors (Lipinski definition) is 1. The van der Waals surface area contributed by atoms with E-state index < -0.39 is 0 Å². The van der Waals surface area contributed by atoms with Gasteiger partial charge >= 0.3 is 0 Å². The highest BCUT2D eigenvalue weighted by atomic mass is 15.1. The number of hydrogen-bond donors (Lipinski definition) is 0. The molecule has 5 heteroatoms. The van der Waals surface area contributed by atoms with E-state index in [9.17, 15) is 0 Å². The summed E-state index contributed by atoms with van der Waals surface area (Å²) in [6.07, 6.45) is 8.83. The van der Waals surface area contributed by atoms with Crippen molar-refractivity contribution in [3.05, 3.63) is 242 Å². The van der Waals surface area contributed by atoms with Crippen molar-refractivity contribution < 1.29 is 0 Å². The topological polar surface area (TPSA) is 32.6 Å². The van der Waals surface area contributed by atoms with Crippen molar-refractivity contribution in [2.24, 2.45) is 0 Å². The lowest BCUT2D eigenvalue weighted by molar-refractivity contribution is 1.01. The number of aromatic nitrogens is 5. The second kappa shape index (κ2) is 15.2. The van der Waals surface area contributed by atoms with Gasteiger partial charge in [-0.3, -0.25) is 9.13 Å². The summed E-state index contributed by atoms with van der Waals surface area (Å²) in [6.45, 7) is 0. The molecule has 0 N–H and O–H groups in total. The quantitative estimate of drug-likeness (QED) is 0.164. The molecule has 0 saturated carbocycles. The molecule has 0 aliphatic heterocycles. The Kier molecular flexibility index (Phi) is 8.42. The molecule has 0 atom stereocenters. The van der Waals surface area contributed by atoms with Crippen LogP contribution in [0.25, 0.3) is 127 Å². The monoisotopic (exact) mass is 893 g/mol. The van der Waals surface area contributed by atoms with E-state index in [2.05, 4.69) is 255 Å². The summed E-state index contributed by atoms with van der Waals surface area (Å²) in [5.74, 6) is 1.73. The van der Waals surface area contributed by atoms with Crippen LogP contribution >= 0.6 is 0 Å². The van der Waals surface area contributed by atoms with Gasteiger partial charge in [0.25, 0.3) is 0 Å². The third-order valence-electron chi connectivity index (χ3n) is 14.8. The van der Waals surface area contributed by atoms with Gasteiger partial charge in [-0.25, -0.2) is 4.98 Å². The molecule has 328 valence electrons. The molecule has 15 rings (SSSR count). The first kappa shape index (κ1) is 38.9. The highest BCUT2D eigenvalue weighted by Gasteiger charge is 2.24. The molecule has 14 aromatic rings. The molecule has 1 aliphatic rings. The summed E-state index contributed by atoms with van der Waals surface area (Å²) in [6, 6.07) is 79.9. The van der Waals surface area contributed by atoms with Crippen molar-refractivity contribution in [3.8, 4) is 34.1 Å². The Labute approximate surface area is 403 Å². The largest absolute Gasteiger partial charge is 0.309 e. The first-order chi connectivity index (χ1) is 34.7. The molecule has 5 heterocycles. The van der Waals surface area contributed by atoms with E-state index in [1.807, 2.05) is 0 Å². The first-order valence-corrected chi connectivity index (χ1v) is 24.3. The van der Waals surface area contributed by atoms with E-state index >= 15 is 0 Å². The van der Waals surface area contributed by atoms with E-state index in [-0.39, 0.29) is 0 Å². The van der Waals surface area contributed by atoms with Crippen molar-refractivity contribution >= 4 is 92.8 Å². The Morgan fingerprint density at radius 2 is 0.814 bits per heavy atom. The van der Waals surface area contributed by atoms with Crippen molar-refractivity contribution in [2.75, 3.05) is 0 Å². The average molecular weight is 894 g/mol. The van der Waals surface area contributed by atoms with Gasteiger partial charge in [0, 0.05) is 54.5 Å². The zero-order chi connectivity index (χ0) is 45.9. The lowest BCUT2D eigenvalue weighted by atomic mass is 9.93. The maximum absolute atomic E-state index is 5.71. The van der Waals surface area contributed by atoms with E-state index in [1.165, 1.54) is 81.9 Å². The minimum atomic E-state index is 0.863. The molecule has 0 fully saturated rings. The Hall–Kier alpha value is -9.19. The third kappa shape index (κ3) is 5.69. The molecule has 0 bridgehead atoms. The van der Waals surface area contributed by atoms with E-state index in [4.69, 9.17) is 4.98 Å². The van der Waals surface area contributed by atoms with Gasteiger partial charge < -0.3 is 9.13 Å². The van der Waals surface area contributed by atoms with Gasteiger partial charge in [-0.15, -0.1) is 0 Å². The van der Waals surface area contributed by atoms with Crippen LogP contribution < -0.4 is 0 Å². The number of fused-ring (bicyclic) bond motifs is 13. The molecule has 0 amide bonds. The van der Waals surface area contributed by atoms with Gasteiger partial charge in [0.15, 0.2) is 0 Å². The number of rotatable bonds is 6. The molecule has 5 nitrogen and oxygen atoms in total. The van der Waals surface area contributed by atoms with Gasteiger partial charge in [0.1, 0.15) is 11.6 Å². The molecule has 0 saturated heterocycles. The van der Waals surface area contributed by atoms with Crippen molar-refractivity contribution in [1.82, 2.24) is 23.3 Å². The SMILES string of the molecule is C1=CCCC(c2cc(-c3ccccc3)cc(-n3c4ccccc4c4cc5c(cc43)c3ccccc3n5-c3cccc(-n4c5ccccc5c5ccc6c7ccccc7n(-c7ccccc7)c6c54)n3)c2)=C1. The number of allylic oxidation sites excluding steroid dienone is 4. The van der Waals surface area contributed by atoms with Crippen LogP contribution in [0.4, 0.5) is 0 Å².